The molecular weight excluding hydrogens is 190 g/mol. The summed E-state index contributed by atoms with van der Waals surface area (Å²) in [6.07, 6.45) is 1.63. The predicted molar refractivity (Wildman–Crippen MR) is 59.7 cm³/mol. The van der Waals surface area contributed by atoms with Gasteiger partial charge in [0.05, 0.1) is 5.60 Å². The number of hydroxylamine groups is 1. The fraction of sp³-hybridized carbons (Fsp3) is 0.500. The van der Waals surface area contributed by atoms with Gasteiger partial charge in [0.1, 0.15) is 0 Å². The first-order valence-corrected chi connectivity index (χ1v) is 5.18. The zero-order valence-corrected chi connectivity index (χ0v) is 9.33. The molecule has 3 nitrogen and oxygen atoms in total. The summed E-state index contributed by atoms with van der Waals surface area (Å²) in [6.45, 7) is 4.10. The number of aryl methyl sites for hydroxylation is 1. The minimum absolute atomic E-state index is 0.464. The lowest BCUT2D eigenvalue weighted by atomic mass is 9.98. The maximum absolute atomic E-state index is 9.57. The number of hydrogen-bond donors (Lipinski definition) is 3. The quantitative estimate of drug-likeness (QED) is 0.649. The Morgan fingerprint density at radius 3 is 2.13 bits per heavy atom. The van der Waals surface area contributed by atoms with Crippen molar-refractivity contribution in [3.05, 3.63) is 35.4 Å². The van der Waals surface area contributed by atoms with Crippen molar-refractivity contribution < 1.29 is 10.3 Å². The van der Waals surface area contributed by atoms with E-state index < -0.39 is 5.60 Å². The number of rotatable bonds is 5. The Morgan fingerprint density at radius 2 is 1.67 bits per heavy atom. The van der Waals surface area contributed by atoms with Gasteiger partial charge in [0.15, 0.2) is 0 Å². The van der Waals surface area contributed by atoms with E-state index in [0.717, 1.165) is 18.4 Å². The van der Waals surface area contributed by atoms with Gasteiger partial charge in [0, 0.05) is 6.54 Å². The Balaban J connectivity index is 2.50. The molecule has 3 N–H and O–H groups in total. The summed E-state index contributed by atoms with van der Waals surface area (Å²) in [5.74, 6) is 0. The summed E-state index contributed by atoms with van der Waals surface area (Å²) in [5, 5.41) is 18.1. The van der Waals surface area contributed by atoms with Crippen molar-refractivity contribution in [2.45, 2.75) is 38.8 Å². The maximum atomic E-state index is 9.57. The van der Waals surface area contributed by atoms with Crippen LogP contribution in [-0.2, 0) is 13.0 Å². The second-order valence-corrected chi connectivity index (χ2v) is 4.46. The molecule has 0 amide bonds. The van der Waals surface area contributed by atoms with Crippen molar-refractivity contribution in [3.63, 3.8) is 0 Å². The van der Waals surface area contributed by atoms with E-state index in [1.54, 1.807) is 0 Å². The van der Waals surface area contributed by atoms with E-state index >= 15 is 0 Å². The van der Waals surface area contributed by atoms with Gasteiger partial charge in [-0.1, -0.05) is 24.3 Å². The van der Waals surface area contributed by atoms with Crippen molar-refractivity contribution in [2.24, 2.45) is 0 Å². The minimum Gasteiger partial charge on any atom is -0.390 e. The number of nitrogens with one attached hydrogen (secondary N) is 1. The van der Waals surface area contributed by atoms with E-state index in [1.807, 2.05) is 38.1 Å². The molecule has 0 aliphatic rings. The predicted octanol–water partition coefficient (Wildman–Crippen LogP) is 1.87. The fourth-order valence-electron chi connectivity index (χ4n) is 1.37. The van der Waals surface area contributed by atoms with Crippen molar-refractivity contribution in [3.8, 4) is 0 Å². The summed E-state index contributed by atoms with van der Waals surface area (Å²) in [5.41, 5.74) is 3.77. The molecule has 0 spiro atoms. The molecule has 1 rings (SSSR count). The normalized spacial score (nSPS) is 11.7. The third kappa shape index (κ3) is 4.93. The first-order chi connectivity index (χ1) is 7.01. The summed E-state index contributed by atoms with van der Waals surface area (Å²) < 4.78 is 0. The van der Waals surface area contributed by atoms with Crippen LogP contribution >= 0.6 is 0 Å². The molecule has 0 fully saturated rings. The molecule has 15 heavy (non-hydrogen) atoms. The zero-order chi connectivity index (χ0) is 11.3. The summed E-state index contributed by atoms with van der Waals surface area (Å²) in [4.78, 5) is 0. The van der Waals surface area contributed by atoms with Crippen LogP contribution in [-0.4, -0.2) is 15.9 Å². The second-order valence-electron chi connectivity index (χ2n) is 4.46. The number of hydrogen-bond acceptors (Lipinski definition) is 3. The van der Waals surface area contributed by atoms with E-state index in [1.165, 1.54) is 5.56 Å². The van der Waals surface area contributed by atoms with Crippen molar-refractivity contribution >= 4 is 0 Å². The monoisotopic (exact) mass is 209 g/mol. The highest BCUT2D eigenvalue weighted by Gasteiger charge is 2.11. The Kier molecular flexibility index (Phi) is 4.27. The van der Waals surface area contributed by atoms with Gasteiger partial charge in [0.2, 0.25) is 0 Å². The van der Waals surface area contributed by atoms with Crippen LogP contribution in [0.15, 0.2) is 24.3 Å². The average molecular weight is 209 g/mol. The molecule has 0 unspecified atom stereocenters. The largest absolute Gasteiger partial charge is 0.390 e. The van der Waals surface area contributed by atoms with Gasteiger partial charge in [-0.05, 0) is 37.8 Å². The smallest absolute Gasteiger partial charge is 0.0594 e. The molecule has 0 radical (unpaired) electrons. The van der Waals surface area contributed by atoms with E-state index in [0.29, 0.717) is 6.54 Å². The van der Waals surface area contributed by atoms with Crippen LogP contribution in [0.25, 0.3) is 0 Å². The van der Waals surface area contributed by atoms with Gasteiger partial charge in [0.25, 0.3) is 0 Å². The van der Waals surface area contributed by atoms with Crippen LogP contribution in [0.4, 0.5) is 0 Å². The van der Waals surface area contributed by atoms with Crippen LogP contribution in [0.2, 0.25) is 0 Å². The topological polar surface area (TPSA) is 52.5 Å². The third-order valence-electron chi connectivity index (χ3n) is 2.33. The fourth-order valence-corrected chi connectivity index (χ4v) is 1.37. The van der Waals surface area contributed by atoms with Gasteiger partial charge in [-0.3, -0.25) is 0 Å². The molecule has 0 bridgehead atoms. The Morgan fingerprint density at radius 1 is 1.13 bits per heavy atom. The molecule has 3 heteroatoms. The summed E-state index contributed by atoms with van der Waals surface area (Å²) in [7, 11) is 0. The highest BCUT2D eigenvalue weighted by Crippen LogP contribution is 2.13. The molecule has 0 heterocycles. The molecule has 0 saturated carbocycles. The molecule has 84 valence electrons. The Hall–Kier alpha value is -0.900. The average Bonchev–Trinajstić information content (AvgIpc) is 2.16. The van der Waals surface area contributed by atoms with Gasteiger partial charge in [-0.15, -0.1) is 0 Å². The maximum Gasteiger partial charge on any atom is 0.0594 e. The van der Waals surface area contributed by atoms with E-state index in [9.17, 15) is 5.11 Å². The lowest BCUT2D eigenvalue weighted by Gasteiger charge is -2.16. The van der Waals surface area contributed by atoms with Crippen LogP contribution in [0.5, 0.6) is 0 Å². The third-order valence-corrected chi connectivity index (χ3v) is 2.33. The molecule has 0 aromatic heterocycles. The van der Waals surface area contributed by atoms with Crippen molar-refractivity contribution in [2.75, 3.05) is 0 Å². The van der Waals surface area contributed by atoms with E-state index in [2.05, 4.69) is 5.48 Å². The second kappa shape index (κ2) is 5.26. The van der Waals surface area contributed by atoms with E-state index in [-0.39, 0.29) is 0 Å². The molecule has 0 aliphatic carbocycles. The van der Waals surface area contributed by atoms with Gasteiger partial charge in [-0.2, -0.15) is 0 Å². The molecule has 1 aromatic carbocycles. The zero-order valence-electron chi connectivity index (χ0n) is 9.33. The van der Waals surface area contributed by atoms with Crippen LogP contribution in [0.1, 0.15) is 31.4 Å². The van der Waals surface area contributed by atoms with Crippen molar-refractivity contribution in [1.82, 2.24) is 5.48 Å². The van der Waals surface area contributed by atoms with Crippen LogP contribution in [0, 0.1) is 0 Å². The standard InChI is InChI=1S/C12H19NO2/c1-12(2,14)8-7-10-3-5-11(6-4-10)9-13-15/h3-6,13-15H,7-9H2,1-2H3. The number of benzene rings is 1. The molecule has 0 saturated heterocycles. The summed E-state index contributed by atoms with van der Waals surface area (Å²) >= 11 is 0. The lowest BCUT2D eigenvalue weighted by molar-refractivity contribution is 0.0714. The van der Waals surface area contributed by atoms with Gasteiger partial charge in [-0.25, -0.2) is 5.48 Å². The Labute approximate surface area is 90.7 Å². The molecule has 1 aromatic rings. The van der Waals surface area contributed by atoms with Crippen molar-refractivity contribution in [1.29, 1.82) is 0 Å². The van der Waals surface area contributed by atoms with E-state index in [4.69, 9.17) is 5.21 Å². The first-order valence-electron chi connectivity index (χ1n) is 5.18. The molecule has 0 aliphatic heterocycles. The SMILES string of the molecule is CC(C)(O)CCc1ccc(CNO)cc1. The van der Waals surface area contributed by atoms with Crippen LogP contribution in [0.3, 0.4) is 0 Å². The highest BCUT2D eigenvalue weighted by molar-refractivity contribution is 5.22. The van der Waals surface area contributed by atoms with Crippen LogP contribution < -0.4 is 5.48 Å². The molecule has 0 atom stereocenters. The number of aliphatic hydroxyl groups is 1. The first kappa shape index (κ1) is 12.2. The Bertz CT molecular complexity index is 287. The minimum atomic E-state index is -0.606. The highest BCUT2D eigenvalue weighted by atomic mass is 16.5. The molecular formula is C12H19NO2. The lowest BCUT2D eigenvalue weighted by Crippen LogP contribution is -2.19. The van der Waals surface area contributed by atoms with Gasteiger partial charge < -0.3 is 10.3 Å². The van der Waals surface area contributed by atoms with Gasteiger partial charge >= 0.3 is 0 Å². The summed E-state index contributed by atoms with van der Waals surface area (Å²) in [6, 6.07) is 8.00.